The normalized spacial score (nSPS) is 16.8. The van der Waals surface area contributed by atoms with E-state index in [4.69, 9.17) is 47.4 Å². The quantitative estimate of drug-likeness (QED) is 0.386. The fraction of sp³-hybridized carbons (Fsp3) is 0.238. The molecule has 1 fully saturated rings. The Balaban J connectivity index is 1.52. The summed E-state index contributed by atoms with van der Waals surface area (Å²) in [6.45, 7) is 1.73. The third-order valence-corrected chi connectivity index (χ3v) is 9.78. The fourth-order valence-corrected chi connectivity index (χ4v) is 7.95. The number of likely N-dealkylation sites (tertiary alicyclic amines) is 1. The van der Waals surface area contributed by atoms with Crippen LogP contribution in [0, 0.1) is 0 Å². The molecule has 0 spiro atoms. The molecule has 33 heavy (non-hydrogen) atoms. The minimum absolute atomic E-state index is 0.0102. The zero-order valence-corrected chi connectivity index (χ0v) is 22.1. The standard InChI is InChI=1S/C21H18BCl3N2O3S3/c1-27-5-4-15(11-27)30-19-9-14(2-3-18(19)25)26-33(28,29)20-10-17(22)21(32-20)31-16-7-12(23)6-13(24)8-16/h2-3,6-10,15,26H,4-5,11H2,1H3/t15-/m1/s1. The van der Waals surface area contributed by atoms with Crippen LogP contribution in [0.4, 0.5) is 5.69 Å². The van der Waals surface area contributed by atoms with Gasteiger partial charge in [-0.2, -0.15) is 0 Å². The van der Waals surface area contributed by atoms with Crippen LogP contribution in [0.2, 0.25) is 15.1 Å². The van der Waals surface area contributed by atoms with Gasteiger partial charge < -0.3 is 9.64 Å². The number of sulfonamides is 1. The molecule has 1 N–H and O–H groups in total. The van der Waals surface area contributed by atoms with Crippen molar-refractivity contribution >= 4 is 86.9 Å². The van der Waals surface area contributed by atoms with E-state index in [0.29, 0.717) is 36.2 Å². The molecule has 0 aliphatic carbocycles. The van der Waals surface area contributed by atoms with Crippen LogP contribution in [0.15, 0.2) is 55.8 Å². The molecule has 3 aromatic rings. The predicted molar refractivity (Wildman–Crippen MR) is 139 cm³/mol. The molecule has 0 amide bonds. The van der Waals surface area contributed by atoms with Crippen molar-refractivity contribution in [2.75, 3.05) is 24.9 Å². The molecule has 4 rings (SSSR count). The minimum Gasteiger partial charge on any atom is -0.487 e. The number of halogens is 3. The molecule has 172 valence electrons. The van der Waals surface area contributed by atoms with Gasteiger partial charge in [0.15, 0.2) is 0 Å². The number of likely N-dealkylation sites (N-methyl/N-ethyl adjacent to an activating group) is 1. The SMILES string of the molecule is [B]c1cc(S(=O)(=O)Nc2ccc(Cl)c(O[C@@H]3CCN(C)C3)c2)sc1Sc1cc(Cl)cc(Cl)c1. The van der Waals surface area contributed by atoms with Gasteiger partial charge in [-0.1, -0.05) is 52.0 Å². The first-order chi connectivity index (χ1) is 15.6. The molecule has 0 saturated carbocycles. The van der Waals surface area contributed by atoms with E-state index in [1.54, 1.807) is 36.4 Å². The lowest BCUT2D eigenvalue weighted by atomic mass is 10.0. The fourth-order valence-electron chi connectivity index (χ4n) is 3.31. The maximum absolute atomic E-state index is 13.0. The topological polar surface area (TPSA) is 58.6 Å². The van der Waals surface area contributed by atoms with E-state index in [1.165, 1.54) is 17.8 Å². The molecular formula is C21H18BCl3N2O3S3. The van der Waals surface area contributed by atoms with Crippen molar-refractivity contribution in [2.45, 2.75) is 25.8 Å². The van der Waals surface area contributed by atoms with Gasteiger partial charge in [-0.15, -0.1) is 11.3 Å². The van der Waals surface area contributed by atoms with Crippen LogP contribution in [0.5, 0.6) is 5.75 Å². The van der Waals surface area contributed by atoms with Gasteiger partial charge in [0.05, 0.1) is 14.9 Å². The summed E-state index contributed by atoms with van der Waals surface area (Å²) < 4.78 is 35.3. The van der Waals surface area contributed by atoms with Gasteiger partial charge in [-0.25, -0.2) is 8.42 Å². The number of ether oxygens (including phenoxy) is 1. The monoisotopic (exact) mass is 558 g/mol. The van der Waals surface area contributed by atoms with Crippen LogP contribution in [0.1, 0.15) is 6.42 Å². The number of rotatable bonds is 7. The number of thiophene rings is 1. The van der Waals surface area contributed by atoms with E-state index in [-0.39, 0.29) is 10.3 Å². The van der Waals surface area contributed by atoms with Crippen LogP contribution in [-0.2, 0) is 10.0 Å². The minimum atomic E-state index is -3.87. The second-order valence-electron chi connectivity index (χ2n) is 7.56. The lowest BCUT2D eigenvalue weighted by Gasteiger charge is -2.16. The molecule has 1 aromatic heterocycles. The number of nitrogens with zero attached hydrogens (tertiary/aromatic N) is 1. The molecular weight excluding hydrogens is 542 g/mol. The van der Waals surface area contributed by atoms with Gasteiger partial charge in [0.2, 0.25) is 0 Å². The molecule has 2 radical (unpaired) electrons. The van der Waals surface area contributed by atoms with Crippen molar-refractivity contribution in [3.63, 3.8) is 0 Å². The number of benzene rings is 2. The summed E-state index contributed by atoms with van der Waals surface area (Å²) in [5.41, 5.74) is 0.704. The highest BCUT2D eigenvalue weighted by molar-refractivity contribution is 8.02. The van der Waals surface area contributed by atoms with Crippen molar-refractivity contribution in [3.8, 4) is 5.75 Å². The zero-order chi connectivity index (χ0) is 23.8. The first-order valence-electron chi connectivity index (χ1n) is 9.80. The molecule has 2 heterocycles. The molecule has 12 heteroatoms. The van der Waals surface area contributed by atoms with Crippen LogP contribution < -0.4 is 14.9 Å². The van der Waals surface area contributed by atoms with Gasteiger partial charge in [0.1, 0.15) is 23.9 Å². The Morgan fingerprint density at radius 2 is 1.88 bits per heavy atom. The number of nitrogens with one attached hydrogen (secondary N) is 1. The number of anilines is 1. The van der Waals surface area contributed by atoms with Gasteiger partial charge >= 0.3 is 0 Å². The van der Waals surface area contributed by atoms with Crippen molar-refractivity contribution in [1.82, 2.24) is 4.90 Å². The van der Waals surface area contributed by atoms with E-state index < -0.39 is 10.0 Å². The van der Waals surface area contributed by atoms with Crippen LogP contribution in [0.25, 0.3) is 0 Å². The summed E-state index contributed by atoms with van der Waals surface area (Å²) in [6.07, 6.45) is 0.895. The van der Waals surface area contributed by atoms with Crippen molar-refractivity contribution in [2.24, 2.45) is 0 Å². The smallest absolute Gasteiger partial charge is 0.271 e. The lowest BCUT2D eigenvalue weighted by Crippen LogP contribution is -2.21. The molecule has 2 aromatic carbocycles. The molecule has 1 atom stereocenters. The van der Waals surface area contributed by atoms with E-state index in [0.717, 1.165) is 35.7 Å². The Hall–Kier alpha value is -1.07. The Morgan fingerprint density at radius 1 is 1.15 bits per heavy atom. The molecule has 0 bridgehead atoms. The highest BCUT2D eigenvalue weighted by atomic mass is 35.5. The largest absolute Gasteiger partial charge is 0.487 e. The van der Waals surface area contributed by atoms with Crippen LogP contribution in [0.3, 0.4) is 0 Å². The first-order valence-corrected chi connectivity index (χ1v) is 14.0. The second-order valence-corrected chi connectivity index (χ2v) is 13.1. The van der Waals surface area contributed by atoms with E-state index >= 15 is 0 Å². The second kappa shape index (κ2) is 10.3. The lowest BCUT2D eigenvalue weighted by molar-refractivity contribution is 0.208. The van der Waals surface area contributed by atoms with Crippen molar-refractivity contribution in [3.05, 3.63) is 57.5 Å². The summed E-state index contributed by atoms with van der Waals surface area (Å²) in [7, 11) is 4.24. The van der Waals surface area contributed by atoms with E-state index in [9.17, 15) is 8.42 Å². The molecule has 0 unspecified atom stereocenters. The summed E-state index contributed by atoms with van der Waals surface area (Å²) in [6, 6.07) is 11.3. The average molecular weight is 560 g/mol. The summed E-state index contributed by atoms with van der Waals surface area (Å²) >= 11 is 20.7. The summed E-state index contributed by atoms with van der Waals surface area (Å²) in [5.74, 6) is 0.442. The number of hydrogen-bond donors (Lipinski definition) is 1. The molecule has 5 nitrogen and oxygen atoms in total. The van der Waals surface area contributed by atoms with Gasteiger partial charge in [0.25, 0.3) is 10.0 Å². The van der Waals surface area contributed by atoms with Gasteiger partial charge in [0, 0.05) is 34.1 Å². The van der Waals surface area contributed by atoms with E-state index in [1.807, 2.05) is 7.05 Å². The zero-order valence-electron chi connectivity index (χ0n) is 17.3. The Bertz CT molecular complexity index is 1270. The van der Waals surface area contributed by atoms with Gasteiger partial charge in [-0.05, 0) is 49.9 Å². The van der Waals surface area contributed by atoms with E-state index in [2.05, 4.69) is 9.62 Å². The highest BCUT2D eigenvalue weighted by Crippen LogP contribution is 2.37. The third-order valence-electron chi connectivity index (χ3n) is 4.84. The molecule has 1 saturated heterocycles. The maximum Gasteiger partial charge on any atom is 0.271 e. The first kappa shape index (κ1) is 25.0. The van der Waals surface area contributed by atoms with Crippen molar-refractivity contribution in [1.29, 1.82) is 0 Å². The third kappa shape index (κ3) is 6.34. The Kier molecular flexibility index (Phi) is 7.80. The highest BCUT2D eigenvalue weighted by Gasteiger charge is 2.23. The summed E-state index contributed by atoms with van der Waals surface area (Å²) in [5, 5.41) is 1.39. The average Bonchev–Trinajstić information content (AvgIpc) is 3.29. The maximum atomic E-state index is 13.0. The van der Waals surface area contributed by atoms with Crippen molar-refractivity contribution < 1.29 is 13.2 Å². The Morgan fingerprint density at radius 3 is 2.55 bits per heavy atom. The molecule has 1 aliphatic rings. The van der Waals surface area contributed by atoms with Crippen LogP contribution >= 0.6 is 57.9 Å². The molecule has 1 aliphatic heterocycles. The predicted octanol–water partition coefficient (Wildman–Crippen LogP) is 5.54. The van der Waals surface area contributed by atoms with Crippen LogP contribution in [-0.4, -0.2) is 47.4 Å². The number of hydrogen-bond acceptors (Lipinski definition) is 6. The summed E-state index contributed by atoms with van der Waals surface area (Å²) in [4.78, 5) is 2.93. The Labute approximate surface area is 217 Å². The van der Waals surface area contributed by atoms with Gasteiger partial charge in [-0.3, -0.25) is 4.72 Å².